The highest BCUT2D eigenvalue weighted by atomic mass is 35.5. The van der Waals surface area contributed by atoms with E-state index in [2.05, 4.69) is 16.3 Å². The van der Waals surface area contributed by atoms with Gasteiger partial charge in [0.25, 0.3) is 5.91 Å². The molecule has 1 fully saturated rings. The molecule has 27 heavy (non-hydrogen) atoms. The van der Waals surface area contributed by atoms with Crippen molar-refractivity contribution in [1.82, 2.24) is 15.1 Å². The number of rotatable bonds is 3. The van der Waals surface area contributed by atoms with Crippen LogP contribution in [0.3, 0.4) is 0 Å². The van der Waals surface area contributed by atoms with Gasteiger partial charge in [-0.1, -0.05) is 47.7 Å². The smallest absolute Gasteiger partial charge is 0.253 e. The van der Waals surface area contributed by atoms with E-state index in [0.717, 1.165) is 39.7 Å². The van der Waals surface area contributed by atoms with Crippen molar-refractivity contribution in [2.24, 2.45) is 5.73 Å². The minimum atomic E-state index is 0. The topological polar surface area (TPSA) is 72.1 Å². The highest BCUT2D eigenvalue weighted by Gasteiger charge is 2.24. The van der Waals surface area contributed by atoms with Gasteiger partial charge in [0.15, 0.2) is 0 Å². The van der Waals surface area contributed by atoms with E-state index in [0.29, 0.717) is 12.1 Å². The van der Waals surface area contributed by atoms with Crippen molar-refractivity contribution in [3.8, 4) is 21.7 Å². The van der Waals surface area contributed by atoms with E-state index in [-0.39, 0.29) is 24.4 Å². The number of amides is 1. The van der Waals surface area contributed by atoms with Gasteiger partial charge in [0.1, 0.15) is 10.0 Å². The van der Waals surface area contributed by atoms with E-state index >= 15 is 0 Å². The molecule has 7 heteroatoms. The first-order valence-electron chi connectivity index (χ1n) is 8.66. The van der Waals surface area contributed by atoms with E-state index in [1.807, 2.05) is 54.3 Å². The van der Waals surface area contributed by atoms with Crippen LogP contribution < -0.4 is 5.73 Å². The van der Waals surface area contributed by atoms with Crippen LogP contribution >= 0.6 is 23.7 Å². The number of likely N-dealkylation sites (tertiary alicyclic amines) is 1. The SMILES string of the molecule is Cc1nnc(-c2ccccc2-c2cccc(C(=O)N3CCC(N)C3)c2)s1.Cl. The Kier molecular flexibility index (Phi) is 5.89. The average Bonchev–Trinajstić information content (AvgIpc) is 3.29. The highest BCUT2D eigenvalue weighted by molar-refractivity contribution is 7.14. The van der Waals surface area contributed by atoms with Crippen molar-refractivity contribution in [3.05, 3.63) is 59.1 Å². The second kappa shape index (κ2) is 8.17. The molecule has 0 aliphatic carbocycles. The minimum absolute atomic E-state index is 0. The fourth-order valence-corrected chi connectivity index (χ4v) is 4.03. The molecule has 1 aromatic heterocycles. The molecule has 1 saturated heterocycles. The summed E-state index contributed by atoms with van der Waals surface area (Å²) >= 11 is 1.57. The first kappa shape index (κ1) is 19.5. The molecule has 0 spiro atoms. The highest BCUT2D eigenvalue weighted by Crippen LogP contribution is 2.34. The molecule has 2 aromatic carbocycles. The molecule has 0 saturated carbocycles. The van der Waals surface area contributed by atoms with Crippen molar-refractivity contribution in [3.63, 3.8) is 0 Å². The van der Waals surface area contributed by atoms with E-state index in [1.54, 1.807) is 11.3 Å². The summed E-state index contributed by atoms with van der Waals surface area (Å²) in [6.45, 7) is 3.30. The van der Waals surface area contributed by atoms with Crippen LogP contribution in [0.15, 0.2) is 48.5 Å². The summed E-state index contributed by atoms with van der Waals surface area (Å²) in [5.41, 5.74) is 9.72. The maximum Gasteiger partial charge on any atom is 0.253 e. The lowest BCUT2D eigenvalue weighted by Gasteiger charge is -2.16. The van der Waals surface area contributed by atoms with Crippen LogP contribution in [0.1, 0.15) is 21.8 Å². The third-order valence-corrected chi connectivity index (χ3v) is 5.49. The van der Waals surface area contributed by atoms with Gasteiger partial charge >= 0.3 is 0 Å². The predicted molar refractivity (Wildman–Crippen MR) is 111 cm³/mol. The first-order valence-corrected chi connectivity index (χ1v) is 9.48. The molecule has 1 atom stereocenters. The number of nitrogens with zero attached hydrogens (tertiary/aromatic N) is 3. The lowest BCUT2D eigenvalue weighted by Crippen LogP contribution is -2.31. The molecule has 5 nitrogen and oxygen atoms in total. The summed E-state index contributed by atoms with van der Waals surface area (Å²) in [5.74, 6) is 0.0454. The molecular formula is C20H21ClN4OS. The summed E-state index contributed by atoms with van der Waals surface area (Å²) in [6.07, 6.45) is 0.866. The molecule has 0 radical (unpaired) electrons. The number of halogens is 1. The lowest BCUT2D eigenvalue weighted by molar-refractivity contribution is 0.0791. The number of hydrogen-bond acceptors (Lipinski definition) is 5. The zero-order valence-electron chi connectivity index (χ0n) is 15.0. The van der Waals surface area contributed by atoms with E-state index < -0.39 is 0 Å². The molecule has 1 aliphatic heterocycles. The Balaban J connectivity index is 0.00000210. The van der Waals surface area contributed by atoms with Gasteiger partial charge in [0.2, 0.25) is 0 Å². The van der Waals surface area contributed by atoms with Gasteiger partial charge in [0, 0.05) is 30.3 Å². The van der Waals surface area contributed by atoms with Crippen molar-refractivity contribution in [1.29, 1.82) is 0 Å². The minimum Gasteiger partial charge on any atom is -0.337 e. The fraction of sp³-hybridized carbons (Fsp3) is 0.250. The Morgan fingerprint density at radius 1 is 1.15 bits per heavy atom. The molecule has 140 valence electrons. The zero-order valence-corrected chi connectivity index (χ0v) is 16.6. The number of hydrogen-bond donors (Lipinski definition) is 1. The number of aromatic nitrogens is 2. The maximum atomic E-state index is 12.8. The Bertz CT molecular complexity index is 958. The van der Waals surface area contributed by atoms with E-state index in [9.17, 15) is 4.79 Å². The Hall–Kier alpha value is -2.28. The quantitative estimate of drug-likeness (QED) is 0.726. The van der Waals surface area contributed by atoms with Gasteiger partial charge < -0.3 is 10.6 Å². The van der Waals surface area contributed by atoms with Gasteiger partial charge in [-0.3, -0.25) is 4.79 Å². The summed E-state index contributed by atoms with van der Waals surface area (Å²) in [6, 6.07) is 16.0. The molecule has 2 N–H and O–H groups in total. The Morgan fingerprint density at radius 3 is 2.59 bits per heavy atom. The molecule has 4 rings (SSSR count). The van der Waals surface area contributed by atoms with E-state index in [4.69, 9.17) is 5.73 Å². The van der Waals surface area contributed by atoms with E-state index in [1.165, 1.54) is 0 Å². The standard InChI is InChI=1S/C20H20N4OS.ClH/c1-13-22-23-19(26-13)18-8-3-2-7-17(18)14-5-4-6-15(11-14)20(25)24-10-9-16(21)12-24;/h2-8,11,16H,9-10,12,21H2,1H3;1H. The molecular weight excluding hydrogens is 380 g/mol. The van der Waals surface area contributed by atoms with Crippen LogP contribution in [0, 0.1) is 6.92 Å². The summed E-state index contributed by atoms with van der Waals surface area (Å²) in [5, 5.41) is 10.2. The van der Waals surface area contributed by atoms with Crippen LogP contribution in [0.5, 0.6) is 0 Å². The lowest BCUT2D eigenvalue weighted by atomic mass is 9.98. The third-order valence-electron chi connectivity index (χ3n) is 4.62. The van der Waals surface area contributed by atoms with Gasteiger partial charge in [-0.25, -0.2) is 0 Å². The summed E-state index contributed by atoms with van der Waals surface area (Å²) in [4.78, 5) is 14.6. The van der Waals surface area contributed by atoms with Gasteiger partial charge in [-0.2, -0.15) is 0 Å². The first-order chi connectivity index (χ1) is 12.6. The second-order valence-electron chi connectivity index (χ2n) is 6.55. The number of carbonyl (C=O) groups is 1. The van der Waals surface area contributed by atoms with Crippen LogP contribution in [-0.2, 0) is 0 Å². The summed E-state index contributed by atoms with van der Waals surface area (Å²) in [7, 11) is 0. The van der Waals surface area contributed by atoms with Gasteiger partial charge in [-0.05, 0) is 36.6 Å². The number of nitrogens with two attached hydrogens (primary N) is 1. The normalized spacial score (nSPS) is 16.2. The molecule has 2 heterocycles. The van der Waals surface area contributed by atoms with Crippen molar-refractivity contribution in [2.45, 2.75) is 19.4 Å². The van der Waals surface area contributed by atoms with Gasteiger partial charge in [-0.15, -0.1) is 22.6 Å². The van der Waals surface area contributed by atoms with Crippen LogP contribution in [0.4, 0.5) is 0 Å². The number of carbonyl (C=O) groups excluding carboxylic acids is 1. The van der Waals surface area contributed by atoms with Crippen molar-refractivity contribution >= 4 is 29.7 Å². The monoisotopic (exact) mass is 400 g/mol. The molecule has 1 unspecified atom stereocenters. The van der Waals surface area contributed by atoms with Crippen LogP contribution in [0.25, 0.3) is 21.7 Å². The third kappa shape index (κ3) is 4.03. The molecule has 3 aromatic rings. The summed E-state index contributed by atoms with van der Waals surface area (Å²) < 4.78 is 0. The predicted octanol–water partition coefficient (Wildman–Crippen LogP) is 3.78. The van der Waals surface area contributed by atoms with Crippen LogP contribution in [0.2, 0.25) is 0 Å². The fourth-order valence-electron chi connectivity index (χ4n) is 3.30. The molecule has 1 aliphatic rings. The van der Waals surface area contributed by atoms with Crippen molar-refractivity contribution < 1.29 is 4.79 Å². The Labute approximate surface area is 168 Å². The molecule has 1 amide bonds. The Morgan fingerprint density at radius 2 is 1.93 bits per heavy atom. The van der Waals surface area contributed by atoms with Gasteiger partial charge in [0.05, 0.1) is 0 Å². The second-order valence-corrected chi connectivity index (χ2v) is 7.73. The maximum absolute atomic E-state index is 12.8. The number of aryl methyl sites for hydroxylation is 1. The largest absolute Gasteiger partial charge is 0.337 e. The zero-order chi connectivity index (χ0) is 18.1. The average molecular weight is 401 g/mol. The molecule has 0 bridgehead atoms. The van der Waals surface area contributed by atoms with Crippen molar-refractivity contribution in [2.75, 3.05) is 13.1 Å². The number of benzene rings is 2. The van der Waals surface area contributed by atoms with Crippen LogP contribution in [-0.4, -0.2) is 40.1 Å².